The van der Waals surface area contributed by atoms with Gasteiger partial charge in [0, 0.05) is 18.4 Å². The average molecular weight is 325 g/mol. The van der Waals surface area contributed by atoms with E-state index in [-0.39, 0.29) is 23.8 Å². The Morgan fingerprint density at radius 2 is 2.04 bits per heavy atom. The monoisotopic (exact) mass is 325 g/mol. The van der Waals surface area contributed by atoms with E-state index < -0.39 is 0 Å². The third-order valence-electron chi connectivity index (χ3n) is 5.25. The van der Waals surface area contributed by atoms with Crippen LogP contribution in [0.15, 0.2) is 36.7 Å². The zero-order valence-corrected chi connectivity index (χ0v) is 13.1. The molecule has 4 atom stereocenters. The number of nitrogens with one attached hydrogen (secondary N) is 1. The molecular weight excluding hydrogens is 306 g/mol. The van der Waals surface area contributed by atoms with Crippen LogP contribution >= 0.6 is 0 Å². The summed E-state index contributed by atoms with van der Waals surface area (Å²) in [4.78, 5) is 28.7. The highest BCUT2D eigenvalue weighted by molar-refractivity contribution is 5.93. The van der Waals surface area contributed by atoms with Crippen LogP contribution in [0.1, 0.15) is 29.8 Å². The lowest BCUT2D eigenvalue weighted by Crippen LogP contribution is -2.48. The number of fused-ring (bicyclic) bond motifs is 2. The lowest BCUT2D eigenvalue weighted by Gasteiger charge is -2.29. The van der Waals surface area contributed by atoms with Gasteiger partial charge in [-0.1, -0.05) is 6.07 Å². The van der Waals surface area contributed by atoms with Crippen LogP contribution in [0.4, 0.5) is 0 Å². The van der Waals surface area contributed by atoms with Crippen LogP contribution in [-0.2, 0) is 4.79 Å². The normalized spacial score (nSPS) is 28.0. The molecule has 124 valence electrons. The van der Waals surface area contributed by atoms with E-state index in [4.69, 9.17) is 5.73 Å². The Labute approximate surface area is 139 Å². The second kappa shape index (κ2) is 5.74. The fraction of sp³-hybridized carbons (Fsp3) is 0.412. The van der Waals surface area contributed by atoms with Crippen LogP contribution in [0, 0.1) is 17.8 Å². The Bertz CT molecular complexity index is 773. The van der Waals surface area contributed by atoms with Crippen molar-refractivity contribution in [2.24, 2.45) is 23.5 Å². The predicted octanol–water partition coefficient (Wildman–Crippen LogP) is 0.897. The number of aromatic nitrogens is 3. The molecule has 0 spiro atoms. The third kappa shape index (κ3) is 2.46. The number of carbonyl (C=O) groups excluding carboxylic acids is 2. The summed E-state index contributed by atoms with van der Waals surface area (Å²) >= 11 is 0. The molecule has 2 aliphatic carbocycles. The topological polar surface area (TPSA) is 103 Å². The molecule has 0 aliphatic heterocycles. The number of carbonyl (C=O) groups is 2. The molecule has 2 bridgehead atoms. The average Bonchev–Trinajstić information content (AvgIpc) is 3.31. The van der Waals surface area contributed by atoms with E-state index in [0.717, 1.165) is 19.3 Å². The van der Waals surface area contributed by atoms with Crippen LogP contribution in [0.2, 0.25) is 0 Å². The van der Waals surface area contributed by atoms with Crippen LogP contribution in [0.25, 0.3) is 5.82 Å². The summed E-state index contributed by atoms with van der Waals surface area (Å²) in [6, 6.07) is 6.83. The lowest BCUT2D eigenvalue weighted by molar-refractivity contribution is -0.124. The highest BCUT2D eigenvalue weighted by atomic mass is 16.2. The Morgan fingerprint density at radius 1 is 1.21 bits per heavy atom. The fourth-order valence-corrected chi connectivity index (χ4v) is 4.22. The fourth-order valence-electron chi connectivity index (χ4n) is 4.22. The van der Waals surface area contributed by atoms with Gasteiger partial charge < -0.3 is 11.1 Å². The first-order valence-electron chi connectivity index (χ1n) is 8.21. The van der Waals surface area contributed by atoms with E-state index in [1.807, 2.05) is 0 Å². The number of nitrogens with zero attached hydrogens (tertiary/aromatic N) is 3. The van der Waals surface area contributed by atoms with Crippen molar-refractivity contribution in [1.82, 2.24) is 20.1 Å². The van der Waals surface area contributed by atoms with Gasteiger partial charge in [0.1, 0.15) is 5.69 Å². The molecule has 7 heteroatoms. The molecule has 24 heavy (non-hydrogen) atoms. The molecule has 7 nitrogen and oxygen atoms in total. The van der Waals surface area contributed by atoms with Gasteiger partial charge in [-0.2, -0.15) is 5.10 Å². The standard InChI is InChI=1S/C17H19N5O2/c18-16(23)14-10-5-6-11(9-10)15(14)21-17(24)12-3-1-4-13(20-12)22-8-2-7-19-22/h1-4,7-8,10-11,14-15H,5-6,9H2,(H2,18,23)(H,21,24)/t10-,11-,14+,15-/m0/s1. The minimum atomic E-state index is -0.314. The first-order chi connectivity index (χ1) is 11.6. The van der Waals surface area contributed by atoms with Crippen molar-refractivity contribution < 1.29 is 9.59 Å². The van der Waals surface area contributed by atoms with Gasteiger partial charge in [0.05, 0.1) is 5.92 Å². The molecule has 2 aromatic heterocycles. The molecule has 3 N–H and O–H groups in total. The van der Waals surface area contributed by atoms with Crippen LogP contribution in [0.3, 0.4) is 0 Å². The largest absolute Gasteiger partial charge is 0.369 e. The summed E-state index contributed by atoms with van der Waals surface area (Å²) in [6.07, 6.45) is 6.46. The minimum Gasteiger partial charge on any atom is -0.369 e. The van der Waals surface area contributed by atoms with Gasteiger partial charge >= 0.3 is 0 Å². The molecule has 0 aromatic carbocycles. The maximum atomic E-state index is 12.6. The Morgan fingerprint density at radius 3 is 2.79 bits per heavy atom. The van der Waals surface area contributed by atoms with Crippen molar-refractivity contribution in [2.75, 3.05) is 0 Å². The van der Waals surface area contributed by atoms with Gasteiger partial charge in [0.15, 0.2) is 5.82 Å². The third-order valence-corrected chi connectivity index (χ3v) is 5.25. The summed E-state index contributed by atoms with van der Waals surface area (Å²) in [5.74, 6) is 0.375. The van der Waals surface area contributed by atoms with Crippen LogP contribution in [-0.4, -0.2) is 32.6 Å². The first-order valence-corrected chi connectivity index (χ1v) is 8.21. The molecule has 4 rings (SSSR count). The van der Waals surface area contributed by atoms with Crippen molar-refractivity contribution in [3.05, 3.63) is 42.4 Å². The summed E-state index contributed by atoms with van der Waals surface area (Å²) in [5.41, 5.74) is 5.87. The van der Waals surface area contributed by atoms with Crippen molar-refractivity contribution in [1.29, 1.82) is 0 Å². The zero-order valence-electron chi connectivity index (χ0n) is 13.1. The highest BCUT2D eigenvalue weighted by Crippen LogP contribution is 2.48. The predicted molar refractivity (Wildman–Crippen MR) is 86.1 cm³/mol. The van der Waals surface area contributed by atoms with Crippen LogP contribution in [0.5, 0.6) is 0 Å². The number of amides is 2. The van der Waals surface area contributed by atoms with E-state index in [1.54, 1.807) is 41.3 Å². The first kappa shape index (κ1) is 14.9. The molecular formula is C17H19N5O2. The smallest absolute Gasteiger partial charge is 0.270 e. The second-order valence-corrected chi connectivity index (χ2v) is 6.59. The Balaban J connectivity index is 1.54. The van der Waals surface area contributed by atoms with Crippen molar-refractivity contribution in [3.8, 4) is 5.82 Å². The summed E-state index contributed by atoms with van der Waals surface area (Å²) < 4.78 is 1.60. The quantitative estimate of drug-likeness (QED) is 0.871. The molecule has 2 saturated carbocycles. The van der Waals surface area contributed by atoms with E-state index in [9.17, 15) is 9.59 Å². The lowest BCUT2D eigenvalue weighted by atomic mass is 9.84. The molecule has 2 amide bonds. The van der Waals surface area contributed by atoms with Crippen molar-refractivity contribution in [3.63, 3.8) is 0 Å². The van der Waals surface area contributed by atoms with Gasteiger partial charge in [0.2, 0.25) is 5.91 Å². The molecule has 2 aliphatic rings. The maximum absolute atomic E-state index is 12.6. The molecule has 2 aromatic rings. The Kier molecular flexibility index (Phi) is 3.55. The number of nitrogens with two attached hydrogens (primary N) is 1. The van der Waals surface area contributed by atoms with Gasteiger partial charge in [-0.05, 0) is 49.3 Å². The zero-order chi connectivity index (χ0) is 16.7. The molecule has 2 fully saturated rings. The van der Waals surface area contributed by atoms with Gasteiger partial charge in [-0.25, -0.2) is 9.67 Å². The summed E-state index contributed by atoms with van der Waals surface area (Å²) in [7, 11) is 0. The molecule has 0 radical (unpaired) electrons. The summed E-state index contributed by atoms with van der Waals surface area (Å²) in [5, 5.41) is 7.12. The number of primary amides is 1. The summed E-state index contributed by atoms with van der Waals surface area (Å²) in [6.45, 7) is 0. The van der Waals surface area contributed by atoms with Gasteiger partial charge in [-0.15, -0.1) is 0 Å². The molecule has 2 heterocycles. The van der Waals surface area contributed by atoms with Gasteiger partial charge in [0.25, 0.3) is 5.91 Å². The number of hydrogen-bond acceptors (Lipinski definition) is 4. The highest BCUT2D eigenvalue weighted by Gasteiger charge is 2.50. The molecule has 0 unspecified atom stereocenters. The Hall–Kier alpha value is -2.70. The van der Waals surface area contributed by atoms with E-state index in [1.165, 1.54) is 0 Å². The van der Waals surface area contributed by atoms with Crippen molar-refractivity contribution in [2.45, 2.75) is 25.3 Å². The number of hydrogen-bond donors (Lipinski definition) is 2. The second-order valence-electron chi connectivity index (χ2n) is 6.59. The van der Waals surface area contributed by atoms with Crippen molar-refractivity contribution >= 4 is 11.8 Å². The minimum absolute atomic E-state index is 0.177. The van der Waals surface area contributed by atoms with E-state index >= 15 is 0 Å². The molecule has 0 saturated heterocycles. The number of pyridine rings is 1. The van der Waals surface area contributed by atoms with E-state index in [2.05, 4.69) is 15.4 Å². The SMILES string of the molecule is NC(=O)[C@@H]1[C@H]2CC[C@@H](C2)[C@@H]1NC(=O)c1cccc(-n2cccn2)n1. The van der Waals surface area contributed by atoms with E-state index in [0.29, 0.717) is 23.3 Å². The van der Waals surface area contributed by atoms with Crippen LogP contribution < -0.4 is 11.1 Å². The number of rotatable bonds is 4. The maximum Gasteiger partial charge on any atom is 0.270 e. The van der Waals surface area contributed by atoms with Gasteiger partial charge in [-0.3, -0.25) is 9.59 Å².